The van der Waals surface area contributed by atoms with E-state index in [0.717, 1.165) is 0 Å². The van der Waals surface area contributed by atoms with E-state index in [1.54, 1.807) is 24.3 Å². The molecule has 0 bridgehead atoms. The summed E-state index contributed by atoms with van der Waals surface area (Å²) in [5, 5.41) is 15.6. The van der Waals surface area contributed by atoms with Gasteiger partial charge in [0, 0.05) is 6.42 Å². The molecular weight excluding hydrogens is 288 g/mol. The van der Waals surface area contributed by atoms with Crippen LogP contribution in [0.15, 0.2) is 36.9 Å². The fraction of sp³-hybridized carbons (Fsp3) is 0.286. The molecule has 1 atom stereocenters. The number of carboxylic acid groups (broad SMARTS) is 1. The Hall–Kier alpha value is -2.90. The fourth-order valence-electron chi connectivity index (χ4n) is 1.88. The highest BCUT2D eigenvalue weighted by Crippen LogP contribution is 2.18. The van der Waals surface area contributed by atoms with Gasteiger partial charge >= 0.3 is 5.97 Å². The summed E-state index contributed by atoms with van der Waals surface area (Å²) in [5.74, 6) is -0.886. The topological polar surface area (TPSA) is 106 Å². The third kappa shape index (κ3) is 4.05. The van der Waals surface area contributed by atoms with Gasteiger partial charge in [-0.15, -0.1) is 0 Å². The lowest BCUT2D eigenvalue weighted by molar-refractivity contribution is -0.142. The van der Waals surface area contributed by atoms with Crippen LogP contribution >= 0.6 is 0 Å². The van der Waals surface area contributed by atoms with E-state index < -0.39 is 12.0 Å². The van der Waals surface area contributed by atoms with Crippen molar-refractivity contribution >= 4 is 11.9 Å². The van der Waals surface area contributed by atoms with Crippen LogP contribution in [-0.4, -0.2) is 38.9 Å². The molecule has 1 unspecified atom stereocenters. The van der Waals surface area contributed by atoms with E-state index in [0.29, 0.717) is 17.9 Å². The third-order valence-electron chi connectivity index (χ3n) is 3.04. The predicted molar refractivity (Wildman–Crippen MR) is 76.2 cm³/mol. The molecule has 1 heterocycles. The van der Waals surface area contributed by atoms with Gasteiger partial charge in [-0.3, -0.25) is 9.48 Å². The molecular formula is C14H16N4O4. The van der Waals surface area contributed by atoms with E-state index in [2.05, 4.69) is 15.4 Å². The highest BCUT2D eigenvalue weighted by atomic mass is 16.5. The molecule has 2 rings (SSSR count). The second kappa shape index (κ2) is 7.21. The van der Waals surface area contributed by atoms with Crippen LogP contribution < -0.4 is 10.1 Å². The second-order valence-corrected chi connectivity index (χ2v) is 4.52. The lowest BCUT2D eigenvalue weighted by Gasteiger charge is -2.15. The molecule has 1 aromatic heterocycles. The van der Waals surface area contributed by atoms with E-state index in [9.17, 15) is 14.7 Å². The van der Waals surface area contributed by atoms with Crippen molar-refractivity contribution in [2.75, 3.05) is 7.11 Å². The van der Waals surface area contributed by atoms with Crippen LogP contribution in [-0.2, 0) is 16.1 Å². The lowest BCUT2D eigenvalue weighted by Crippen LogP contribution is -2.34. The maximum absolute atomic E-state index is 11.9. The van der Waals surface area contributed by atoms with Crippen LogP contribution in [0.5, 0.6) is 5.75 Å². The summed E-state index contributed by atoms with van der Waals surface area (Å²) in [4.78, 5) is 27.0. The number of nitrogens with zero attached hydrogens (tertiary/aromatic N) is 3. The number of carboxylic acids is 1. The first-order valence-electron chi connectivity index (χ1n) is 6.58. The smallest absolute Gasteiger partial charge is 0.330 e. The molecule has 0 radical (unpaired) electrons. The minimum atomic E-state index is -1.13. The SMILES string of the molecule is COc1ccc(C(NC(=O)CCn2cncn2)C(=O)O)cc1. The largest absolute Gasteiger partial charge is 0.497 e. The van der Waals surface area contributed by atoms with Gasteiger partial charge in [0.2, 0.25) is 5.91 Å². The zero-order valence-corrected chi connectivity index (χ0v) is 12.0. The van der Waals surface area contributed by atoms with E-state index in [-0.39, 0.29) is 12.3 Å². The first kappa shape index (κ1) is 15.5. The average molecular weight is 304 g/mol. The average Bonchev–Trinajstić information content (AvgIpc) is 3.04. The zero-order chi connectivity index (χ0) is 15.9. The maximum atomic E-state index is 11.9. The van der Waals surface area contributed by atoms with Crippen LogP contribution in [0.4, 0.5) is 0 Å². The summed E-state index contributed by atoms with van der Waals surface area (Å²) in [5.41, 5.74) is 0.474. The van der Waals surface area contributed by atoms with Crippen molar-refractivity contribution in [3.63, 3.8) is 0 Å². The monoisotopic (exact) mass is 304 g/mol. The van der Waals surface area contributed by atoms with Crippen molar-refractivity contribution < 1.29 is 19.4 Å². The van der Waals surface area contributed by atoms with E-state index in [1.165, 1.54) is 24.4 Å². The van der Waals surface area contributed by atoms with Crippen molar-refractivity contribution in [1.29, 1.82) is 0 Å². The van der Waals surface area contributed by atoms with E-state index in [1.807, 2.05) is 0 Å². The Labute approximate surface area is 126 Å². The van der Waals surface area contributed by atoms with Crippen LogP contribution in [0.1, 0.15) is 18.0 Å². The molecule has 0 saturated carbocycles. The van der Waals surface area contributed by atoms with Gasteiger partial charge in [0.1, 0.15) is 18.4 Å². The number of methoxy groups -OCH3 is 1. The standard InChI is InChI=1S/C14H16N4O4/c1-22-11-4-2-10(3-5-11)13(14(20)21)17-12(19)6-7-18-9-15-8-16-18/h2-5,8-9,13H,6-7H2,1H3,(H,17,19)(H,20,21). The molecule has 116 valence electrons. The summed E-state index contributed by atoms with van der Waals surface area (Å²) in [6.45, 7) is 0.334. The summed E-state index contributed by atoms with van der Waals surface area (Å²) >= 11 is 0. The highest BCUT2D eigenvalue weighted by Gasteiger charge is 2.21. The molecule has 0 saturated heterocycles. The number of nitrogens with one attached hydrogen (secondary N) is 1. The Bertz CT molecular complexity index is 625. The van der Waals surface area contributed by atoms with Gasteiger partial charge in [-0.05, 0) is 17.7 Å². The van der Waals surface area contributed by atoms with Crippen molar-refractivity contribution in [3.8, 4) is 5.75 Å². The van der Waals surface area contributed by atoms with Gasteiger partial charge in [-0.1, -0.05) is 12.1 Å². The zero-order valence-electron chi connectivity index (χ0n) is 12.0. The first-order valence-corrected chi connectivity index (χ1v) is 6.58. The van der Waals surface area contributed by atoms with Crippen LogP contribution in [0.2, 0.25) is 0 Å². The Kier molecular flexibility index (Phi) is 5.07. The molecule has 22 heavy (non-hydrogen) atoms. The van der Waals surface area contributed by atoms with Gasteiger partial charge in [-0.2, -0.15) is 5.10 Å². The maximum Gasteiger partial charge on any atom is 0.330 e. The summed E-state index contributed by atoms with van der Waals surface area (Å²) < 4.78 is 6.52. The molecule has 0 spiro atoms. The number of aliphatic carboxylic acids is 1. The molecule has 1 amide bonds. The van der Waals surface area contributed by atoms with Crippen LogP contribution in [0.25, 0.3) is 0 Å². The van der Waals surface area contributed by atoms with Gasteiger partial charge in [-0.25, -0.2) is 9.78 Å². The third-order valence-corrected chi connectivity index (χ3v) is 3.04. The number of hydrogen-bond acceptors (Lipinski definition) is 5. The van der Waals surface area contributed by atoms with Gasteiger partial charge in [0.05, 0.1) is 13.7 Å². The number of amides is 1. The molecule has 2 N–H and O–H groups in total. The predicted octanol–water partition coefficient (Wildman–Crippen LogP) is 0.619. The fourth-order valence-corrected chi connectivity index (χ4v) is 1.88. The normalized spacial score (nSPS) is 11.7. The Morgan fingerprint density at radius 3 is 2.64 bits per heavy atom. The summed E-state index contributed by atoms with van der Waals surface area (Å²) in [6, 6.07) is 5.40. The minimum absolute atomic E-state index is 0.114. The van der Waals surface area contributed by atoms with E-state index >= 15 is 0 Å². The molecule has 0 aliphatic carbocycles. The van der Waals surface area contributed by atoms with Crippen molar-refractivity contribution in [3.05, 3.63) is 42.5 Å². The molecule has 0 aliphatic heterocycles. The Morgan fingerprint density at radius 1 is 1.36 bits per heavy atom. The van der Waals surface area contributed by atoms with Crippen LogP contribution in [0, 0.1) is 0 Å². The molecule has 8 heteroatoms. The number of carbonyl (C=O) groups excluding carboxylic acids is 1. The number of hydrogen-bond donors (Lipinski definition) is 2. The second-order valence-electron chi connectivity index (χ2n) is 4.52. The molecule has 0 aliphatic rings. The summed E-state index contributed by atoms with van der Waals surface area (Å²) in [7, 11) is 1.52. The Balaban J connectivity index is 1.98. The highest BCUT2D eigenvalue weighted by molar-refractivity contribution is 5.84. The van der Waals surface area contributed by atoms with Gasteiger partial charge in [0.15, 0.2) is 6.04 Å². The lowest BCUT2D eigenvalue weighted by atomic mass is 10.1. The number of aromatic nitrogens is 3. The van der Waals surface area contributed by atoms with Crippen molar-refractivity contribution in [2.24, 2.45) is 0 Å². The number of ether oxygens (including phenoxy) is 1. The minimum Gasteiger partial charge on any atom is -0.497 e. The Morgan fingerprint density at radius 2 is 2.09 bits per heavy atom. The molecule has 1 aromatic carbocycles. The quantitative estimate of drug-likeness (QED) is 0.776. The number of benzene rings is 1. The van der Waals surface area contributed by atoms with Gasteiger partial charge < -0.3 is 15.2 Å². The van der Waals surface area contributed by atoms with Crippen molar-refractivity contribution in [1.82, 2.24) is 20.1 Å². The number of rotatable bonds is 7. The molecule has 8 nitrogen and oxygen atoms in total. The molecule has 2 aromatic rings. The van der Waals surface area contributed by atoms with E-state index in [4.69, 9.17) is 4.74 Å². The van der Waals surface area contributed by atoms with Crippen LogP contribution in [0.3, 0.4) is 0 Å². The molecule has 0 fully saturated rings. The number of aryl methyl sites for hydroxylation is 1. The first-order chi connectivity index (χ1) is 10.6. The summed E-state index contributed by atoms with van der Waals surface area (Å²) in [6.07, 6.45) is 2.98. The van der Waals surface area contributed by atoms with Gasteiger partial charge in [0.25, 0.3) is 0 Å². The van der Waals surface area contributed by atoms with Crippen molar-refractivity contribution in [2.45, 2.75) is 19.0 Å². The number of carbonyl (C=O) groups is 2.